The van der Waals surface area contributed by atoms with Crippen LogP contribution >= 0.6 is 0 Å². The Labute approximate surface area is 298 Å². The predicted octanol–water partition coefficient (Wildman–Crippen LogP) is 5.69. The lowest BCUT2D eigenvalue weighted by Crippen LogP contribution is -2.46. The molecule has 0 saturated carbocycles. The number of piperazine rings is 1. The van der Waals surface area contributed by atoms with Crippen molar-refractivity contribution in [1.82, 2.24) is 29.3 Å². The van der Waals surface area contributed by atoms with E-state index in [2.05, 4.69) is 87.5 Å². The van der Waals surface area contributed by atoms with Gasteiger partial charge in [0.05, 0.1) is 30.7 Å². The lowest BCUT2D eigenvalue weighted by atomic mass is 10.0. The molecule has 12 nitrogen and oxygen atoms in total. The molecule has 2 saturated heterocycles. The van der Waals surface area contributed by atoms with E-state index in [-0.39, 0.29) is 17.8 Å². The van der Waals surface area contributed by atoms with E-state index < -0.39 is 5.79 Å². The van der Waals surface area contributed by atoms with Gasteiger partial charge in [-0.3, -0.25) is 0 Å². The van der Waals surface area contributed by atoms with Crippen LogP contribution in [0.5, 0.6) is 5.75 Å². The maximum atomic E-state index is 12.8. The second-order valence-corrected chi connectivity index (χ2v) is 13.1. The molecular weight excluding hydrogens is 644 g/mol. The van der Waals surface area contributed by atoms with Gasteiger partial charge in [0.25, 0.3) is 0 Å². The summed E-state index contributed by atoms with van der Waals surface area (Å²) in [4.78, 5) is 19.2. The van der Waals surface area contributed by atoms with Crippen molar-refractivity contribution in [2.24, 2.45) is 0 Å². The molecule has 51 heavy (non-hydrogen) atoms. The summed E-state index contributed by atoms with van der Waals surface area (Å²) in [5.74, 6) is -0.224. The summed E-state index contributed by atoms with van der Waals surface area (Å²) >= 11 is 0. The fourth-order valence-corrected chi connectivity index (χ4v) is 6.54. The van der Waals surface area contributed by atoms with Crippen molar-refractivity contribution in [3.05, 3.63) is 119 Å². The lowest BCUT2D eigenvalue weighted by Gasteiger charge is -2.37. The molecule has 2 fully saturated rings. The highest BCUT2D eigenvalue weighted by molar-refractivity contribution is 5.55. The van der Waals surface area contributed by atoms with E-state index in [0.717, 1.165) is 67.3 Å². The molecule has 0 N–H and O–H groups in total. The van der Waals surface area contributed by atoms with E-state index in [1.54, 1.807) is 32.8 Å². The third-order valence-corrected chi connectivity index (χ3v) is 9.68. The number of benzene rings is 3. The van der Waals surface area contributed by atoms with Gasteiger partial charge in [0.2, 0.25) is 5.79 Å². The summed E-state index contributed by atoms with van der Waals surface area (Å²) < 4.78 is 22.3. The Balaban J connectivity index is 0.919. The molecule has 0 amide bonds. The Hall–Kier alpha value is -5.20. The molecule has 2 aliphatic heterocycles. The van der Waals surface area contributed by atoms with Gasteiger partial charge >= 0.3 is 5.69 Å². The first-order valence-electron chi connectivity index (χ1n) is 17.9. The molecule has 0 spiro atoms. The van der Waals surface area contributed by atoms with Crippen molar-refractivity contribution in [2.45, 2.75) is 58.1 Å². The van der Waals surface area contributed by atoms with Crippen molar-refractivity contribution in [3.8, 4) is 11.4 Å². The molecule has 3 atom stereocenters. The van der Waals surface area contributed by atoms with E-state index >= 15 is 0 Å². The Bertz CT molecular complexity index is 1930. The molecule has 0 radical (unpaired) electrons. The van der Waals surface area contributed by atoms with E-state index in [1.807, 2.05) is 43.3 Å². The van der Waals surface area contributed by atoms with Gasteiger partial charge < -0.3 is 24.0 Å². The standard InChI is InChI=1S/C39H46N8O4/c1-4-6-7-31-8-10-32(11-9-31)39(28-46-40-20-21-41-46)50-27-37(51-39)26-49-36-18-16-34(17-19-36)44-24-22-43(23-25-44)33-12-14-35(15-13-33)45-29-42-47(38(45)48)30(3)5-2/h6-21,29-30,37H,4-5,22-28H2,1-3H3. The van der Waals surface area contributed by atoms with Crippen LogP contribution in [0.3, 0.4) is 0 Å². The highest BCUT2D eigenvalue weighted by Gasteiger charge is 2.44. The van der Waals surface area contributed by atoms with Crippen molar-refractivity contribution in [3.63, 3.8) is 0 Å². The highest BCUT2D eigenvalue weighted by atomic mass is 16.8. The SMILES string of the molecule is CCC=Cc1ccc(C2(Cn3nccn3)OCC(COc3ccc(N4CCN(c5ccc(-n6cnn(C(C)CC)c6=O)cc5)CC4)cc3)O2)cc1. The molecule has 5 aromatic rings. The normalized spacial score (nSPS) is 19.9. The third-order valence-electron chi connectivity index (χ3n) is 9.68. The molecule has 0 bridgehead atoms. The smallest absolute Gasteiger partial charge is 0.350 e. The molecule has 2 aliphatic rings. The van der Waals surface area contributed by atoms with Crippen LogP contribution in [0, 0.1) is 0 Å². The van der Waals surface area contributed by atoms with Crippen LogP contribution in [0.25, 0.3) is 11.8 Å². The molecule has 266 valence electrons. The lowest BCUT2D eigenvalue weighted by molar-refractivity contribution is -0.192. The Kier molecular flexibility index (Phi) is 10.3. The van der Waals surface area contributed by atoms with Crippen LogP contribution < -0.4 is 20.2 Å². The highest BCUT2D eigenvalue weighted by Crippen LogP contribution is 2.36. The van der Waals surface area contributed by atoms with Crippen molar-refractivity contribution < 1.29 is 14.2 Å². The first-order chi connectivity index (χ1) is 24.9. The number of nitrogens with zero attached hydrogens (tertiary/aromatic N) is 8. The first-order valence-corrected chi connectivity index (χ1v) is 17.9. The fourth-order valence-electron chi connectivity index (χ4n) is 6.54. The summed E-state index contributed by atoms with van der Waals surface area (Å²) in [6.07, 6.45) is 10.7. The van der Waals surface area contributed by atoms with E-state index in [1.165, 1.54) is 5.69 Å². The molecule has 12 heteroatoms. The summed E-state index contributed by atoms with van der Waals surface area (Å²) in [5, 5.41) is 12.9. The van der Waals surface area contributed by atoms with E-state index in [9.17, 15) is 4.79 Å². The van der Waals surface area contributed by atoms with Crippen LogP contribution in [-0.4, -0.2) is 74.8 Å². The Morgan fingerprint density at radius 1 is 0.863 bits per heavy atom. The largest absolute Gasteiger partial charge is 0.491 e. The minimum atomic E-state index is -1.01. The Morgan fingerprint density at radius 3 is 2.12 bits per heavy atom. The van der Waals surface area contributed by atoms with Gasteiger partial charge in [-0.15, -0.1) is 0 Å². The average molecular weight is 691 g/mol. The van der Waals surface area contributed by atoms with Crippen molar-refractivity contribution in [2.75, 3.05) is 49.2 Å². The molecule has 0 aliphatic carbocycles. The van der Waals surface area contributed by atoms with Gasteiger partial charge in [-0.1, -0.05) is 50.3 Å². The minimum Gasteiger partial charge on any atom is -0.491 e. The number of ether oxygens (including phenoxy) is 3. The molecule has 7 rings (SSSR count). The van der Waals surface area contributed by atoms with Gasteiger partial charge in [-0.25, -0.2) is 14.0 Å². The molecule has 4 heterocycles. The topological polar surface area (TPSA) is 105 Å². The number of allylic oxidation sites excluding steroid dienone is 1. The second-order valence-electron chi connectivity index (χ2n) is 13.1. The zero-order chi connectivity index (χ0) is 35.2. The molecule has 2 aromatic heterocycles. The summed E-state index contributed by atoms with van der Waals surface area (Å²) in [7, 11) is 0. The summed E-state index contributed by atoms with van der Waals surface area (Å²) in [6.45, 7) is 10.9. The molecular formula is C39H46N8O4. The van der Waals surface area contributed by atoms with Gasteiger partial charge in [0.15, 0.2) is 0 Å². The van der Waals surface area contributed by atoms with Crippen molar-refractivity contribution in [1.29, 1.82) is 0 Å². The minimum absolute atomic E-state index is 0.0697. The molecule has 3 unspecified atom stereocenters. The van der Waals surface area contributed by atoms with Gasteiger partial charge in [0.1, 0.15) is 31.3 Å². The average Bonchev–Trinajstić information content (AvgIpc) is 3.94. The van der Waals surface area contributed by atoms with Crippen LogP contribution in [0.2, 0.25) is 0 Å². The zero-order valence-corrected chi connectivity index (χ0v) is 29.5. The number of anilines is 2. The monoisotopic (exact) mass is 690 g/mol. The van der Waals surface area contributed by atoms with Gasteiger partial charge in [-0.2, -0.15) is 20.1 Å². The van der Waals surface area contributed by atoms with E-state index in [4.69, 9.17) is 14.2 Å². The van der Waals surface area contributed by atoms with E-state index in [0.29, 0.717) is 19.8 Å². The van der Waals surface area contributed by atoms with Crippen LogP contribution in [0.15, 0.2) is 102 Å². The van der Waals surface area contributed by atoms with Crippen LogP contribution in [0.4, 0.5) is 11.4 Å². The summed E-state index contributed by atoms with van der Waals surface area (Å²) in [5.41, 5.74) is 5.07. The zero-order valence-electron chi connectivity index (χ0n) is 29.5. The molecule has 3 aromatic carbocycles. The van der Waals surface area contributed by atoms with Crippen LogP contribution in [0.1, 0.15) is 50.8 Å². The number of rotatable bonds is 13. The quantitative estimate of drug-likeness (QED) is 0.154. The van der Waals surface area contributed by atoms with Gasteiger partial charge in [-0.05, 0) is 73.9 Å². The number of hydrogen-bond acceptors (Lipinski definition) is 9. The maximum Gasteiger partial charge on any atom is 0.350 e. The van der Waals surface area contributed by atoms with Gasteiger partial charge in [0, 0.05) is 43.1 Å². The number of aromatic nitrogens is 6. The Morgan fingerprint density at radius 2 is 1.49 bits per heavy atom. The first kappa shape index (κ1) is 34.3. The van der Waals surface area contributed by atoms with Crippen molar-refractivity contribution >= 4 is 17.5 Å². The predicted molar refractivity (Wildman–Crippen MR) is 197 cm³/mol. The maximum absolute atomic E-state index is 12.8. The van der Waals surface area contributed by atoms with Crippen LogP contribution in [-0.2, 0) is 21.8 Å². The number of hydrogen-bond donors (Lipinski definition) is 0. The summed E-state index contributed by atoms with van der Waals surface area (Å²) in [6, 6.07) is 24.7. The second kappa shape index (κ2) is 15.4. The fraction of sp³-hybridized carbons (Fsp3) is 0.385. The third kappa shape index (κ3) is 7.62.